The number of aromatic amines is 1. The van der Waals surface area contributed by atoms with Crippen LogP contribution >= 0.6 is 0 Å². The first-order valence-corrected chi connectivity index (χ1v) is 9.07. The lowest BCUT2D eigenvalue weighted by Gasteiger charge is -2.19. The van der Waals surface area contributed by atoms with Crippen LogP contribution in [0, 0.1) is 5.82 Å². The minimum absolute atomic E-state index is 0.0431. The molecule has 0 saturated heterocycles. The SMILES string of the molecule is CCOC(=O)C[C@H](NC(=O)Nc1cc(F)c2[nH]c(=O)ccc2c1)c1ccccc1. The van der Waals surface area contributed by atoms with E-state index in [0.29, 0.717) is 5.39 Å². The second kappa shape index (κ2) is 9.01. The number of urea groups is 1. The van der Waals surface area contributed by atoms with Gasteiger partial charge in [0.25, 0.3) is 0 Å². The number of aromatic nitrogens is 1. The van der Waals surface area contributed by atoms with Gasteiger partial charge in [-0.3, -0.25) is 9.59 Å². The first kappa shape index (κ1) is 20.1. The Morgan fingerprint density at radius 2 is 1.90 bits per heavy atom. The highest BCUT2D eigenvalue weighted by Crippen LogP contribution is 2.21. The average molecular weight is 397 g/mol. The number of fused-ring (bicyclic) bond motifs is 1. The summed E-state index contributed by atoms with van der Waals surface area (Å²) in [7, 11) is 0. The van der Waals surface area contributed by atoms with Crippen molar-refractivity contribution < 1.29 is 18.7 Å². The molecule has 0 aliphatic carbocycles. The Bertz CT molecular complexity index is 1080. The monoisotopic (exact) mass is 397 g/mol. The molecule has 1 atom stereocenters. The lowest BCUT2D eigenvalue weighted by atomic mass is 10.0. The Morgan fingerprint density at radius 3 is 2.62 bits per heavy atom. The smallest absolute Gasteiger partial charge is 0.319 e. The van der Waals surface area contributed by atoms with Gasteiger partial charge in [0.1, 0.15) is 5.82 Å². The highest BCUT2D eigenvalue weighted by atomic mass is 19.1. The molecule has 3 N–H and O–H groups in total. The van der Waals surface area contributed by atoms with Crippen LogP contribution < -0.4 is 16.2 Å². The fourth-order valence-corrected chi connectivity index (χ4v) is 2.94. The van der Waals surface area contributed by atoms with Crippen LogP contribution in [0.5, 0.6) is 0 Å². The van der Waals surface area contributed by atoms with E-state index in [9.17, 15) is 18.8 Å². The summed E-state index contributed by atoms with van der Waals surface area (Å²) in [6, 6.07) is 13.2. The molecule has 8 heteroatoms. The number of esters is 1. The van der Waals surface area contributed by atoms with Crippen molar-refractivity contribution in [1.82, 2.24) is 10.3 Å². The standard InChI is InChI=1S/C21H20FN3O4/c1-2-29-19(27)12-17(13-6-4-3-5-7-13)24-21(28)23-15-10-14-8-9-18(26)25-20(14)16(22)11-15/h3-11,17H,2,12H2,1H3,(H,25,26)(H2,23,24,28)/t17-/m0/s1. The summed E-state index contributed by atoms with van der Waals surface area (Å²) in [5, 5.41) is 5.71. The van der Waals surface area contributed by atoms with Crippen molar-refractivity contribution in [2.75, 3.05) is 11.9 Å². The predicted molar refractivity (Wildman–Crippen MR) is 107 cm³/mol. The van der Waals surface area contributed by atoms with Crippen molar-refractivity contribution in [3.05, 3.63) is 76.3 Å². The van der Waals surface area contributed by atoms with Crippen LogP contribution in [0.3, 0.4) is 0 Å². The molecule has 2 aromatic carbocycles. The van der Waals surface area contributed by atoms with Crippen LogP contribution in [-0.2, 0) is 9.53 Å². The van der Waals surface area contributed by atoms with Crippen LogP contribution in [0.4, 0.5) is 14.9 Å². The van der Waals surface area contributed by atoms with Crippen molar-refractivity contribution in [2.45, 2.75) is 19.4 Å². The highest BCUT2D eigenvalue weighted by Gasteiger charge is 2.19. The molecule has 0 aliphatic rings. The first-order chi connectivity index (χ1) is 14.0. The van der Waals surface area contributed by atoms with Gasteiger partial charge >= 0.3 is 12.0 Å². The van der Waals surface area contributed by atoms with E-state index in [0.717, 1.165) is 11.6 Å². The van der Waals surface area contributed by atoms with Crippen LogP contribution in [0.1, 0.15) is 24.9 Å². The minimum Gasteiger partial charge on any atom is -0.466 e. The lowest BCUT2D eigenvalue weighted by molar-refractivity contribution is -0.143. The van der Waals surface area contributed by atoms with E-state index in [-0.39, 0.29) is 24.2 Å². The molecule has 2 amide bonds. The van der Waals surface area contributed by atoms with Crippen molar-refractivity contribution in [3.63, 3.8) is 0 Å². The van der Waals surface area contributed by atoms with Crippen LogP contribution in [-0.4, -0.2) is 23.6 Å². The van der Waals surface area contributed by atoms with Gasteiger partial charge < -0.3 is 20.4 Å². The van der Waals surface area contributed by atoms with Gasteiger partial charge in [0.15, 0.2) is 0 Å². The molecule has 0 aliphatic heterocycles. The Balaban J connectivity index is 1.77. The molecule has 0 fully saturated rings. The summed E-state index contributed by atoms with van der Waals surface area (Å²) in [5.74, 6) is -1.11. The summed E-state index contributed by atoms with van der Waals surface area (Å²) >= 11 is 0. The number of halogens is 1. The maximum absolute atomic E-state index is 14.3. The zero-order valence-electron chi connectivity index (χ0n) is 15.7. The molecule has 1 aromatic heterocycles. The highest BCUT2D eigenvalue weighted by molar-refractivity contribution is 5.93. The predicted octanol–water partition coefficient (Wildman–Crippen LogP) is 3.48. The molecule has 0 bridgehead atoms. The van der Waals surface area contributed by atoms with Crippen LogP contribution in [0.2, 0.25) is 0 Å². The van der Waals surface area contributed by atoms with E-state index in [1.165, 1.54) is 18.2 Å². The summed E-state index contributed by atoms with van der Waals surface area (Å²) in [6.07, 6.45) is -0.0431. The Labute approximate surface area is 165 Å². The third-order valence-corrected chi connectivity index (χ3v) is 4.22. The maximum Gasteiger partial charge on any atom is 0.319 e. The number of hydrogen-bond acceptors (Lipinski definition) is 4. The molecule has 1 heterocycles. The normalized spacial score (nSPS) is 11.7. The van der Waals surface area contributed by atoms with E-state index in [4.69, 9.17) is 4.74 Å². The van der Waals surface area contributed by atoms with Gasteiger partial charge in [0.05, 0.1) is 24.6 Å². The van der Waals surface area contributed by atoms with Gasteiger partial charge in [-0.15, -0.1) is 0 Å². The summed E-state index contributed by atoms with van der Waals surface area (Å²) < 4.78 is 19.2. The summed E-state index contributed by atoms with van der Waals surface area (Å²) in [5.41, 5.74) is 0.591. The minimum atomic E-state index is -0.665. The van der Waals surface area contributed by atoms with E-state index in [2.05, 4.69) is 15.6 Å². The second-order valence-corrected chi connectivity index (χ2v) is 6.32. The van der Waals surface area contributed by atoms with Gasteiger partial charge in [0.2, 0.25) is 5.56 Å². The molecule has 150 valence electrons. The van der Waals surface area contributed by atoms with Crippen molar-refractivity contribution >= 4 is 28.6 Å². The maximum atomic E-state index is 14.3. The fourth-order valence-electron chi connectivity index (χ4n) is 2.94. The van der Waals surface area contributed by atoms with Crippen LogP contribution in [0.15, 0.2) is 59.4 Å². The lowest BCUT2D eigenvalue weighted by Crippen LogP contribution is -2.34. The quantitative estimate of drug-likeness (QED) is 0.555. The number of carbonyl (C=O) groups excluding carboxylic acids is 2. The fraction of sp³-hybridized carbons (Fsp3) is 0.190. The van der Waals surface area contributed by atoms with Crippen LogP contribution in [0.25, 0.3) is 10.9 Å². The van der Waals surface area contributed by atoms with Crippen molar-refractivity contribution in [3.8, 4) is 0 Å². The molecule has 0 radical (unpaired) electrons. The topological polar surface area (TPSA) is 100 Å². The molecule has 3 rings (SSSR count). The number of carbonyl (C=O) groups is 2. The van der Waals surface area contributed by atoms with Crippen molar-refractivity contribution in [1.29, 1.82) is 0 Å². The third kappa shape index (κ3) is 5.19. The molecule has 0 saturated carbocycles. The molecule has 0 unspecified atom stereocenters. The molecular weight excluding hydrogens is 377 g/mol. The largest absolute Gasteiger partial charge is 0.466 e. The number of hydrogen-bond donors (Lipinski definition) is 3. The molecular formula is C21H20FN3O4. The van der Waals surface area contributed by atoms with Gasteiger partial charge in [-0.25, -0.2) is 9.18 Å². The number of rotatable bonds is 6. The molecule has 29 heavy (non-hydrogen) atoms. The third-order valence-electron chi connectivity index (χ3n) is 4.22. The number of amides is 2. The second-order valence-electron chi connectivity index (χ2n) is 6.32. The first-order valence-electron chi connectivity index (χ1n) is 9.07. The molecule has 0 spiro atoms. The number of pyridine rings is 1. The van der Waals surface area contributed by atoms with Gasteiger partial charge in [-0.1, -0.05) is 30.3 Å². The van der Waals surface area contributed by atoms with E-state index in [1.54, 1.807) is 31.2 Å². The van der Waals surface area contributed by atoms with E-state index >= 15 is 0 Å². The van der Waals surface area contributed by atoms with Gasteiger partial charge in [-0.05, 0) is 30.7 Å². The zero-order valence-corrected chi connectivity index (χ0v) is 15.7. The summed E-state index contributed by atoms with van der Waals surface area (Å²) in [6.45, 7) is 1.95. The van der Waals surface area contributed by atoms with Gasteiger partial charge in [0, 0.05) is 17.1 Å². The number of H-pyrrole nitrogens is 1. The van der Waals surface area contributed by atoms with Gasteiger partial charge in [-0.2, -0.15) is 0 Å². The molecule has 7 nitrogen and oxygen atoms in total. The molecule has 3 aromatic rings. The number of nitrogens with one attached hydrogen (secondary N) is 3. The summed E-state index contributed by atoms with van der Waals surface area (Å²) in [4.78, 5) is 38.2. The Morgan fingerprint density at radius 1 is 1.14 bits per heavy atom. The Hall–Kier alpha value is -3.68. The van der Waals surface area contributed by atoms with E-state index in [1.807, 2.05) is 6.07 Å². The van der Waals surface area contributed by atoms with Crippen molar-refractivity contribution in [2.24, 2.45) is 0 Å². The number of benzene rings is 2. The average Bonchev–Trinajstić information content (AvgIpc) is 2.69. The number of anilines is 1. The zero-order chi connectivity index (χ0) is 20.8. The van der Waals surface area contributed by atoms with E-state index < -0.39 is 29.4 Å². The number of ether oxygens (including phenoxy) is 1. The Kier molecular flexibility index (Phi) is 6.23.